The molecule has 0 bridgehead atoms. The number of ether oxygens (including phenoxy) is 1. The number of nitrogens with zero attached hydrogens (tertiary/aromatic N) is 2. The summed E-state index contributed by atoms with van der Waals surface area (Å²) in [5.41, 5.74) is 1.13. The Labute approximate surface area is 200 Å². The van der Waals surface area contributed by atoms with Crippen LogP contribution in [-0.4, -0.2) is 49.7 Å². The van der Waals surface area contributed by atoms with Gasteiger partial charge in [-0.1, -0.05) is 24.3 Å². The fourth-order valence-electron chi connectivity index (χ4n) is 3.51. The Morgan fingerprint density at radius 3 is 2.45 bits per heavy atom. The molecule has 0 amide bonds. The third-order valence-electron chi connectivity index (χ3n) is 5.19. The molecule has 31 heavy (non-hydrogen) atoms. The van der Waals surface area contributed by atoms with Crippen LogP contribution in [0.1, 0.15) is 25.3 Å². The van der Waals surface area contributed by atoms with Crippen molar-refractivity contribution in [1.29, 1.82) is 0 Å². The number of hydrogen-bond acceptors (Lipinski definition) is 3. The van der Waals surface area contributed by atoms with Gasteiger partial charge in [0.15, 0.2) is 17.5 Å². The SMILES string of the molecule is CN=C(NCC(C)Oc1ccccc1F)NC1CCN(Cc2ccc(F)cc2)CC1.I. The summed E-state index contributed by atoms with van der Waals surface area (Å²) >= 11 is 0. The summed E-state index contributed by atoms with van der Waals surface area (Å²) < 4.78 is 32.4. The van der Waals surface area contributed by atoms with Crippen LogP contribution in [0.4, 0.5) is 8.78 Å². The van der Waals surface area contributed by atoms with Crippen LogP contribution in [0.2, 0.25) is 0 Å². The predicted octanol–water partition coefficient (Wildman–Crippen LogP) is 4.18. The minimum absolute atomic E-state index is 0. The van der Waals surface area contributed by atoms with E-state index in [0.717, 1.165) is 44.0 Å². The Hall–Kier alpha value is -1.94. The Balaban J connectivity index is 0.00000341. The van der Waals surface area contributed by atoms with Gasteiger partial charge >= 0.3 is 0 Å². The molecule has 1 heterocycles. The smallest absolute Gasteiger partial charge is 0.191 e. The summed E-state index contributed by atoms with van der Waals surface area (Å²) in [4.78, 5) is 6.67. The van der Waals surface area contributed by atoms with Crippen molar-refractivity contribution in [2.24, 2.45) is 4.99 Å². The molecule has 1 unspecified atom stereocenters. The summed E-state index contributed by atoms with van der Waals surface area (Å²) in [5, 5.41) is 6.72. The third kappa shape index (κ3) is 8.25. The van der Waals surface area contributed by atoms with Gasteiger partial charge in [0.05, 0.1) is 6.54 Å². The molecule has 1 fully saturated rings. The molecule has 0 aromatic heterocycles. The van der Waals surface area contributed by atoms with Crippen LogP contribution in [0.25, 0.3) is 0 Å². The van der Waals surface area contributed by atoms with Gasteiger partial charge in [0, 0.05) is 32.7 Å². The molecule has 3 rings (SSSR count). The second kappa shape index (κ2) is 12.8. The lowest BCUT2D eigenvalue weighted by Gasteiger charge is -2.33. The first-order valence-corrected chi connectivity index (χ1v) is 10.4. The number of guanidine groups is 1. The Bertz CT molecular complexity index is 827. The van der Waals surface area contributed by atoms with Gasteiger partial charge in [0.1, 0.15) is 11.9 Å². The number of aliphatic imine (C=N–C) groups is 1. The average molecular weight is 544 g/mol. The zero-order valence-corrected chi connectivity index (χ0v) is 20.3. The maximum atomic E-state index is 13.7. The van der Waals surface area contributed by atoms with Crippen molar-refractivity contribution in [2.75, 3.05) is 26.7 Å². The Kier molecular flexibility index (Phi) is 10.5. The van der Waals surface area contributed by atoms with Crippen molar-refractivity contribution in [1.82, 2.24) is 15.5 Å². The Morgan fingerprint density at radius 1 is 1.13 bits per heavy atom. The lowest BCUT2D eigenvalue weighted by molar-refractivity contribution is 0.197. The van der Waals surface area contributed by atoms with Gasteiger partial charge in [-0.05, 0) is 49.6 Å². The van der Waals surface area contributed by atoms with Crippen LogP contribution in [0.15, 0.2) is 53.5 Å². The minimum Gasteiger partial charge on any atom is -0.486 e. The molecule has 1 atom stereocenters. The van der Waals surface area contributed by atoms with Gasteiger partial charge in [-0.15, -0.1) is 24.0 Å². The van der Waals surface area contributed by atoms with E-state index in [4.69, 9.17) is 4.74 Å². The highest BCUT2D eigenvalue weighted by Gasteiger charge is 2.20. The molecule has 2 aromatic rings. The van der Waals surface area contributed by atoms with Gasteiger partial charge in [-0.2, -0.15) is 0 Å². The maximum absolute atomic E-state index is 13.7. The zero-order chi connectivity index (χ0) is 21.3. The first kappa shape index (κ1) is 25.3. The van der Waals surface area contributed by atoms with Crippen LogP contribution in [0, 0.1) is 11.6 Å². The van der Waals surface area contributed by atoms with Crippen LogP contribution in [0.5, 0.6) is 5.75 Å². The summed E-state index contributed by atoms with van der Waals surface area (Å²) in [6, 6.07) is 13.4. The van der Waals surface area contributed by atoms with E-state index in [1.807, 2.05) is 19.1 Å². The van der Waals surface area contributed by atoms with Crippen molar-refractivity contribution >= 4 is 29.9 Å². The normalized spacial score (nSPS) is 16.3. The number of halogens is 3. The van der Waals surface area contributed by atoms with E-state index in [-0.39, 0.29) is 47.5 Å². The highest BCUT2D eigenvalue weighted by atomic mass is 127. The van der Waals surface area contributed by atoms with E-state index < -0.39 is 0 Å². The van der Waals surface area contributed by atoms with Crippen LogP contribution >= 0.6 is 24.0 Å². The summed E-state index contributed by atoms with van der Waals surface area (Å²) in [5.74, 6) is 0.410. The van der Waals surface area contributed by atoms with Crippen molar-refractivity contribution in [3.05, 3.63) is 65.7 Å². The zero-order valence-electron chi connectivity index (χ0n) is 18.0. The summed E-state index contributed by atoms with van der Waals surface area (Å²) in [6.45, 7) is 5.18. The molecule has 0 spiro atoms. The number of benzene rings is 2. The van der Waals surface area contributed by atoms with E-state index in [0.29, 0.717) is 12.6 Å². The molecule has 2 aromatic carbocycles. The average Bonchev–Trinajstić information content (AvgIpc) is 2.75. The fraction of sp³-hybridized carbons (Fsp3) is 0.435. The largest absolute Gasteiger partial charge is 0.486 e. The molecule has 1 aliphatic heterocycles. The van der Waals surface area contributed by atoms with Gasteiger partial charge in [0.2, 0.25) is 0 Å². The molecule has 5 nitrogen and oxygen atoms in total. The number of hydrogen-bond donors (Lipinski definition) is 2. The molecule has 1 saturated heterocycles. The topological polar surface area (TPSA) is 48.9 Å². The van der Waals surface area contributed by atoms with Crippen LogP contribution in [0.3, 0.4) is 0 Å². The van der Waals surface area contributed by atoms with E-state index >= 15 is 0 Å². The second-order valence-corrected chi connectivity index (χ2v) is 7.63. The van der Waals surface area contributed by atoms with E-state index in [9.17, 15) is 8.78 Å². The lowest BCUT2D eigenvalue weighted by atomic mass is 10.0. The van der Waals surface area contributed by atoms with Gasteiger partial charge in [0.25, 0.3) is 0 Å². The Morgan fingerprint density at radius 2 is 1.81 bits per heavy atom. The standard InChI is InChI=1S/C23H30F2N4O.HI/c1-17(30-22-6-4-3-5-21(22)25)15-27-23(26-2)28-20-11-13-29(14-12-20)16-18-7-9-19(24)10-8-18;/h3-10,17,20H,11-16H2,1-2H3,(H2,26,27,28);1H. The quantitative estimate of drug-likeness (QED) is 0.312. The van der Waals surface area contributed by atoms with E-state index in [2.05, 4.69) is 20.5 Å². The molecular formula is C23H31F2IN4O. The van der Waals surface area contributed by atoms with Crippen molar-refractivity contribution in [2.45, 2.75) is 38.5 Å². The van der Waals surface area contributed by atoms with E-state index in [1.54, 1.807) is 25.2 Å². The van der Waals surface area contributed by atoms with Crippen LogP contribution in [-0.2, 0) is 6.54 Å². The number of piperidine rings is 1. The lowest BCUT2D eigenvalue weighted by Crippen LogP contribution is -2.49. The molecule has 170 valence electrons. The van der Waals surface area contributed by atoms with Gasteiger partial charge < -0.3 is 15.4 Å². The van der Waals surface area contributed by atoms with Gasteiger partial charge in [-0.25, -0.2) is 8.78 Å². The summed E-state index contributed by atoms with van der Waals surface area (Å²) in [6.07, 6.45) is 1.80. The molecule has 0 radical (unpaired) electrons. The van der Waals surface area contributed by atoms with Gasteiger partial charge in [-0.3, -0.25) is 9.89 Å². The fourth-order valence-corrected chi connectivity index (χ4v) is 3.51. The molecule has 1 aliphatic rings. The van der Waals surface area contributed by atoms with Crippen molar-refractivity contribution < 1.29 is 13.5 Å². The van der Waals surface area contributed by atoms with Crippen LogP contribution < -0.4 is 15.4 Å². The van der Waals surface area contributed by atoms with Crippen molar-refractivity contribution in [3.63, 3.8) is 0 Å². The third-order valence-corrected chi connectivity index (χ3v) is 5.19. The number of para-hydroxylation sites is 1. The first-order chi connectivity index (χ1) is 14.5. The highest BCUT2D eigenvalue weighted by Crippen LogP contribution is 2.17. The monoisotopic (exact) mass is 544 g/mol. The van der Waals surface area contributed by atoms with E-state index in [1.165, 1.54) is 18.2 Å². The van der Waals surface area contributed by atoms with Crippen molar-refractivity contribution in [3.8, 4) is 5.75 Å². The second-order valence-electron chi connectivity index (χ2n) is 7.63. The highest BCUT2D eigenvalue weighted by molar-refractivity contribution is 14.0. The molecule has 8 heteroatoms. The number of likely N-dealkylation sites (tertiary alicyclic amines) is 1. The molecule has 0 aliphatic carbocycles. The number of rotatable bonds is 7. The first-order valence-electron chi connectivity index (χ1n) is 10.4. The molecular weight excluding hydrogens is 513 g/mol. The molecule has 0 saturated carbocycles. The summed E-state index contributed by atoms with van der Waals surface area (Å²) in [7, 11) is 1.74. The minimum atomic E-state index is -0.362. The maximum Gasteiger partial charge on any atom is 0.191 e. The molecule has 2 N–H and O–H groups in total. The number of nitrogens with one attached hydrogen (secondary N) is 2. The predicted molar refractivity (Wildman–Crippen MR) is 131 cm³/mol.